The molecule has 15 heteroatoms. The molecule has 0 aliphatic carbocycles. The fourth-order valence-corrected chi connectivity index (χ4v) is 4.80. The van der Waals surface area contributed by atoms with Crippen LogP contribution in [0.1, 0.15) is 27.9 Å². The van der Waals surface area contributed by atoms with E-state index in [4.69, 9.17) is 5.14 Å². The highest BCUT2D eigenvalue weighted by Gasteiger charge is 2.31. The van der Waals surface area contributed by atoms with Gasteiger partial charge >= 0.3 is 22.6 Å². The average molecular weight is 587 g/mol. The summed E-state index contributed by atoms with van der Waals surface area (Å²) >= 11 is 0.946. The minimum absolute atomic E-state index is 0.0475. The van der Waals surface area contributed by atoms with E-state index in [0.717, 1.165) is 24.0 Å². The van der Waals surface area contributed by atoms with Crippen molar-refractivity contribution >= 4 is 33.6 Å². The number of methoxy groups -OCH3 is 1. The molecular formula is C24H25F3N4O6S2. The van der Waals surface area contributed by atoms with Gasteiger partial charge in [0.15, 0.2) is 0 Å². The topological polar surface area (TPSA) is 150 Å². The predicted octanol–water partition coefficient (Wildman–Crippen LogP) is 3.20. The van der Waals surface area contributed by atoms with E-state index in [1.807, 2.05) is 0 Å². The predicted molar refractivity (Wildman–Crippen MR) is 136 cm³/mol. The average Bonchev–Trinajstić information content (AvgIpc) is 3.30. The molecule has 1 aromatic heterocycles. The summed E-state index contributed by atoms with van der Waals surface area (Å²) in [5, 5.41) is 11.6. The van der Waals surface area contributed by atoms with Crippen LogP contribution in [0.2, 0.25) is 0 Å². The molecule has 0 aliphatic heterocycles. The van der Waals surface area contributed by atoms with Crippen LogP contribution in [-0.2, 0) is 39.1 Å². The van der Waals surface area contributed by atoms with Crippen LogP contribution in [0, 0.1) is 0 Å². The van der Waals surface area contributed by atoms with Gasteiger partial charge in [-0.3, -0.25) is 4.79 Å². The van der Waals surface area contributed by atoms with E-state index in [1.54, 1.807) is 30.3 Å². The van der Waals surface area contributed by atoms with Gasteiger partial charge < -0.3 is 19.6 Å². The third-order valence-electron chi connectivity index (χ3n) is 5.22. The third kappa shape index (κ3) is 10.2. The van der Waals surface area contributed by atoms with Gasteiger partial charge in [0.25, 0.3) is 0 Å². The molecule has 0 saturated heterocycles. The maximum atomic E-state index is 13.3. The minimum Gasteiger partial charge on any atom is -0.453 e. The van der Waals surface area contributed by atoms with Gasteiger partial charge in [-0.2, -0.15) is 26.7 Å². The Balaban J connectivity index is 1.86. The first kappa shape index (κ1) is 29.9. The fraction of sp³-hybridized carbons (Fsp3) is 0.292. The lowest BCUT2D eigenvalue weighted by Crippen LogP contribution is -2.49. The number of carbonyl (C=O) groups excluding carboxylic acids is 2. The molecule has 39 heavy (non-hydrogen) atoms. The Bertz CT molecular complexity index is 1370. The molecule has 0 saturated carbocycles. The molecule has 2 aromatic carbocycles. The van der Waals surface area contributed by atoms with Crippen LogP contribution in [0.15, 0.2) is 60.0 Å². The van der Waals surface area contributed by atoms with Gasteiger partial charge in [-0.05, 0) is 29.7 Å². The van der Waals surface area contributed by atoms with Crippen LogP contribution in [0.5, 0.6) is 5.75 Å². The normalized spacial score (nSPS) is 13.3. The Hall–Kier alpha value is -3.69. The van der Waals surface area contributed by atoms with Crippen molar-refractivity contribution in [1.29, 1.82) is 0 Å². The van der Waals surface area contributed by atoms with Gasteiger partial charge in [0.1, 0.15) is 16.8 Å². The highest BCUT2D eigenvalue weighted by molar-refractivity contribution is 7.84. The first-order valence-electron chi connectivity index (χ1n) is 11.3. The van der Waals surface area contributed by atoms with Crippen LogP contribution in [0.4, 0.5) is 18.0 Å². The summed E-state index contributed by atoms with van der Waals surface area (Å²) in [6, 6.07) is 12.6. The molecule has 10 nitrogen and oxygen atoms in total. The van der Waals surface area contributed by atoms with E-state index in [1.165, 1.54) is 29.6 Å². The van der Waals surface area contributed by atoms with Crippen LogP contribution in [0.25, 0.3) is 0 Å². The lowest BCUT2D eigenvalue weighted by atomic mass is 10.0. The molecule has 3 aromatic rings. The van der Waals surface area contributed by atoms with Gasteiger partial charge in [0, 0.05) is 11.8 Å². The van der Waals surface area contributed by atoms with Crippen molar-refractivity contribution < 1.29 is 40.1 Å². The highest BCUT2D eigenvalue weighted by Crippen LogP contribution is 2.27. The van der Waals surface area contributed by atoms with E-state index in [-0.39, 0.29) is 29.3 Å². The molecule has 2 atom stereocenters. The number of carbonyl (C=O) groups is 2. The van der Waals surface area contributed by atoms with E-state index in [0.29, 0.717) is 5.56 Å². The van der Waals surface area contributed by atoms with Crippen molar-refractivity contribution in [2.45, 2.75) is 37.5 Å². The summed E-state index contributed by atoms with van der Waals surface area (Å²) in [7, 11) is -3.08. The Morgan fingerprint density at radius 1 is 1.03 bits per heavy atom. The molecule has 0 spiro atoms. The van der Waals surface area contributed by atoms with Crippen LogP contribution < -0.4 is 20.0 Å². The van der Waals surface area contributed by atoms with Gasteiger partial charge in [-0.25, -0.2) is 9.78 Å². The summed E-state index contributed by atoms with van der Waals surface area (Å²) in [5.41, 5.74) is 1.13. The second-order valence-electron chi connectivity index (χ2n) is 8.33. The number of hydrogen-bond donors (Lipinski definition) is 3. The van der Waals surface area contributed by atoms with Crippen LogP contribution >= 0.6 is 11.3 Å². The van der Waals surface area contributed by atoms with Crippen molar-refractivity contribution in [2.75, 3.05) is 7.11 Å². The minimum atomic E-state index is -4.46. The number of aromatic nitrogens is 1. The molecular weight excluding hydrogens is 561 g/mol. The first-order chi connectivity index (χ1) is 18.3. The number of amides is 2. The summed E-state index contributed by atoms with van der Waals surface area (Å²) in [5.74, 6) is -0.662. The Morgan fingerprint density at radius 2 is 1.67 bits per heavy atom. The number of rotatable bonds is 11. The van der Waals surface area contributed by atoms with Crippen molar-refractivity contribution in [2.24, 2.45) is 5.14 Å². The zero-order valence-electron chi connectivity index (χ0n) is 20.5. The Kier molecular flexibility index (Phi) is 9.88. The Labute approximate surface area is 226 Å². The maximum Gasteiger partial charge on any atom is 0.407 e. The number of benzene rings is 2. The number of alkyl halides is 3. The molecule has 0 bridgehead atoms. The summed E-state index contributed by atoms with van der Waals surface area (Å²) in [4.78, 5) is 29.4. The molecule has 1 heterocycles. The second-order valence-corrected chi connectivity index (χ2v) is 10.4. The standard InChI is InChI=1S/C24H25F3N4O6S2/c1-36-23(33)31-19(11-15-5-3-2-4-6-15)21(32)30-20(22-29-17(14-38-22)13-24(25,26)27)12-16-7-9-18(10-8-16)37-39(28,34)35/h2-10,14,19-20H,11-13H2,1H3,(H,30,32)(H,31,33)(H2,28,34,35). The number of nitrogens with one attached hydrogen (secondary N) is 2. The SMILES string of the molecule is COC(=O)NC(Cc1ccccc1)C(=O)NC(Cc1ccc(OS(N)(=O)=O)cc1)c1nc(CC(F)(F)F)cs1. The van der Waals surface area contributed by atoms with Gasteiger partial charge in [0.2, 0.25) is 5.91 Å². The summed E-state index contributed by atoms with van der Waals surface area (Å²) < 4.78 is 70.3. The molecule has 0 radical (unpaired) electrons. The maximum absolute atomic E-state index is 13.3. The van der Waals surface area contributed by atoms with Gasteiger partial charge in [-0.1, -0.05) is 42.5 Å². The Morgan fingerprint density at radius 3 is 2.26 bits per heavy atom. The van der Waals surface area contributed by atoms with Crippen molar-refractivity contribution in [1.82, 2.24) is 15.6 Å². The monoisotopic (exact) mass is 586 g/mol. The first-order valence-corrected chi connectivity index (χ1v) is 13.7. The van der Waals surface area contributed by atoms with E-state index in [2.05, 4.69) is 24.5 Å². The second kappa shape index (κ2) is 12.9. The van der Waals surface area contributed by atoms with Gasteiger partial charge in [0.05, 0.1) is 25.3 Å². The van der Waals surface area contributed by atoms with E-state index in [9.17, 15) is 31.2 Å². The van der Waals surface area contributed by atoms with Gasteiger partial charge in [-0.15, -0.1) is 11.3 Å². The van der Waals surface area contributed by atoms with Crippen molar-refractivity contribution in [3.8, 4) is 5.75 Å². The zero-order valence-corrected chi connectivity index (χ0v) is 22.1. The molecule has 4 N–H and O–H groups in total. The molecule has 2 amide bonds. The van der Waals surface area contributed by atoms with Crippen LogP contribution in [-0.4, -0.2) is 44.7 Å². The van der Waals surface area contributed by atoms with Crippen LogP contribution in [0.3, 0.4) is 0 Å². The summed E-state index contributed by atoms with van der Waals surface area (Å²) in [6.07, 6.45) is -6.34. The molecule has 0 fully saturated rings. The summed E-state index contributed by atoms with van der Waals surface area (Å²) in [6.45, 7) is 0. The number of nitrogens with zero attached hydrogens (tertiary/aromatic N) is 1. The largest absolute Gasteiger partial charge is 0.453 e. The molecule has 2 unspecified atom stereocenters. The number of nitrogens with two attached hydrogens (primary N) is 1. The number of ether oxygens (including phenoxy) is 1. The fourth-order valence-electron chi connectivity index (χ4n) is 3.55. The number of hydrogen-bond acceptors (Lipinski definition) is 8. The lowest BCUT2D eigenvalue weighted by Gasteiger charge is -2.22. The van der Waals surface area contributed by atoms with Crippen molar-refractivity contribution in [3.05, 3.63) is 81.8 Å². The molecule has 0 aliphatic rings. The zero-order chi connectivity index (χ0) is 28.6. The molecule has 210 valence electrons. The smallest absolute Gasteiger partial charge is 0.407 e. The number of alkyl carbamates (subject to hydrolysis) is 1. The third-order valence-corrected chi connectivity index (χ3v) is 6.65. The lowest BCUT2D eigenvalue weighted by molar-refractivity contribution is -0.128. The quantitative estimate of drug-likeness (QED) is 0.312. The van der Waals surface area contributed by atoms with E-state index >= 15 is 0 Å². The van der Waals surface area contributed by atoms with E-state index < -0.39 is 47.0 Å². The number of halogens is 3. The number of thiazole rings is 1. The van der Waals surface area contributed by atoms with Crippen molar-refractivity contribution in [3.63, 3.8) is 0 Å². The highest BCUT2D eigenvalue weighted by atomic mass is 32.2. The molecule has 3 rings (SSSR count).